The van der Waals surface area contributed by atoms with E-state index < -0.39 is 0 Å². The van der Waals surface area contributed by atoms with Gasteiger partial charge in [-0.15, -0.1) is 0 Å². The minimum atomic E-state index is 0.400. The number of piperidine rings is 1. The first-order chi connectivity index (χ1) is 9.31. The molecule has 1 aromatic carbocycles. The molecule has 1 saturated heterocycles. The minimum absolute atomic E-state index is 0.400. The first kappa shape index (κ1) is 12.6. The Hall–Kier alpha value is -1.45. The summed E-state index contributed by atoms with van der Waals surface area (Å²) in [4.78, 5) is 6.86. The van der Waals surface area contributed by atoms with E-state index in [0.29, 0.717) is 12.0 Å². The first-order valence-corrected chi connectivity index (χ1v) is 7.04. The molecule has 2 heterocycles. The van der Waals surface area contributed by atoms with Crippen LogP contribution >= 0.6 is 0 Å². The molecule has 2 unspecified atom stereocenters. The van der Waals surface area contributed by atoms with Crippen molar-refractivity contribution < 1.29 is 0 Å². The van der Waals surface area contributed by atoms with Crippen molar-refractivity contribution in [2.24, 2.45) is 11.7 Å². The highest BCUT2D eigenvalue weighted by molar-refractivity contribution is 5.85. The monoisotopic (exact) mass is 255 g/mol. The average molecular weight is 255 g/mol. The van der Waals surface area contributed by atoms with Crippen LogP contribution in [0.2, 0.25) is 0 Å². The quantitative estimate of drug-likeness (QED) is 0.897. The zero-order chi connectivity index (χ0) is 13.2. The predicted octanol–water partition coefficient (Wildman–Crippen LogP) is 2.58. The first-order valence-electron chi connectivity index (χ1n) is 7.04. The molecule has 2 N–H and O–H groups in total. The van der Waals surface area contributed by atoms with Crippen molar-refractivity contribution >= 4 is 10.8 Å². The van der Waals surface area contributed by atoms with Crippen LogP contribution in [0.15, 0.2) is 36.7 Å². The lowest BCUT2D eigenvalue weighted by atomic mass is 9.84. The van der Waals surface area contributed by atoms with Gasteiger partial charge in [-0.25, -0.2) is 0 Å². The summed E-state index contributed by atoms with van der Waals surface area (Å²) >= 11 is 0. The lowest BCUT2D eigenvalue weighted by Crippen LogP contribution is -2.39. The summed E-state index contributed by atoms with van der Waals surface area (Å²) in [5, 5.41) is 2.53. The van der Waals surface area contributed by atoms with Crippen molar-refractivity contribution in [2.45, 2.75) is 18.9 Å². The Bertz CT molecular complexity index is 561. The molecule has 1 aromatic heterocycles. The van der Waals surface area contributed by atoms with Gasteiger partial charge in [0.2, 0.25) is 0 Å². The summed E-state index contributed by atoms with van der Waals surface area (Å²) in [6.45, 7) is 1.89. The van der Waals surface area contributed by atoms with E-state index in [0.717, 1.165) is 13.1 Å². The fourth-order valence-electron chi connectivity index (χ4n) is 3.37. The standard InChI is InChI=1S/C16H21N3/c1-19-8-4-6-12(9-17)16(19)15-11-18-10-13-5-2-3-7-14(13)15/h2-3,5,7,10-12,16H,4,6,8-9,17H2,1H3. The molecule has 3 rings (SSSR count). The Labute approximate surface area is 114 Å². The zero-order valence-electron chi connectivity index (χ0n) is 11.4. The number of hydrogen-bond acceptors (Lipinski definition) is 3. The van der Waals surface area contributed by atoms with Crippen molar-refractivity contribution in [3.8, 4) is 0 Å². The number of aromatic nitrogens is 1. The Balaban J connectivity index is 2.11. The number of nitrogens with zero attached hydrogens (tertiary/aromatic N) is 2. The van der Waals surface area contributed by atoms with Gasteiger partial charge in [0.1, 0.15) is 0 Å². The maximum Gasteiger partial charge on any atom is 0.0406 e. The van der Waals surface area contributed by atoms with Crippen molar-refractivity contribution in [3.05, 3.63) is 42.2 Å². The molecule has 1 fully saturated rings. The molecule has 0 saturated carbocycles. The summed E-state index contributed by atoms with van der Waals surface area (Å²) in [7, 11) is 2.20. The van der Waals surface area contributed by atoms with Crippen LogP contribution in [0.1, 0.15) is 24.4 Å². The maximum atomic E-state index is 5.99. The Morgan fingerprint density at radius 1 is 1.32 bits per heavy atom. The van der Waals surface area contributed by atoms with E-state index in [-0.39, 0.29) is 0 Å². The number of fused-ring (bicyclic) bond motifs is 1. The van der Waals surface area contributed by atoms with Gasteiger partial charge in [0.05, 0.1) is 0 Å². The van der Waals surface area contributed by atoms with Crippen LogP contribution in [0.3, 0.4) is 0 Å². The molecule has 0 spiro atoms. The Morgan fingerprint density at radius 2 is 2.16 bits per heavy atom. The molecule has 3 nitrogen and oxygen atoms in total. The van der Waals surface area contributed by atoms with Crippen LogP contribution in [-0.4, -0.2) is 30.0 Å². The smallest absolute Gasteiger partial charge is 0.0406 e. The van der Waals surface area contributed by atoms with Gasteiger partial charge in [-0.05, 0) is 49.8 Å². The van der Waals surface area contributed by atoms with Crippen molar-refractivity contribution in [3.63, 3.8) is 0 Å². The molecular formula is C16H21N3. The molecule has 2 aromatic rings. The summed E-state index contributed by atoms with van der Waals surface area (Å²) in [5.41, 5.74) is 7.32. The third-order valence-corrected chi connectivity index (χ3v) is 4.33. The number of hydrogen-bond donors (Lipinski definition) is 1. The van der Waals surface area contributed by atoms with E-state index in [9.17, 15) is 0 Å². The van der Waals surface area contributed by atoms with Crippen LogP contribution in [-0.2, 0) is 0 Å². The van der Waals surface area contributed by atoms with Gasteiger partial charge < -0.3 is 5.73 Å². The van der Waals surface area contributed by atoms with E-state index in [1.807, 2.05) is 12.4 Å². The summed E-state index contributed by atoms with van der Waals surface area (Å²) < 4.78 is 0. The molecule has 2 atom stereocenters. The molecule has 100 valence electrons. The van der Waals surface area contributed by atoms with Gasteiger partial charge in [0, 0.05) is 23.8 Å². The topological polar surface area (TPSA) is 42.1 Å². The SMILES string of the molecule is CN1CCCC(CN)C1c1cncc2ccccc12. The number of pyridine rings is 1. The minimum Gasteiger partial charge on any atom is -0.330 e. The second-order valence-electron chi connectivity index (χ2n) is 5.51. The highest BCUT2D eigenvalue weighted by Gasteiger charge is 2.30. The normalized spacial score (nSPS) is 24.7. The maximum absolute atomic E-state index is 5.99. The van der Waals surface area contributed by atoms with E-state index in [1.165, 1.54) is 29.2 Å². The van der Waals surface area contributed by atoms with E-state index in [4.69, 9.17) is 5.73 Å². The molecule has 0 radical (unpaired) electrons. The van der Waals surface area contributed by atoms with Crippen LogP contribution in [0.4, 0.5) is 0 Å². The molecule has 0 bridgehead atoms. The largest absolute Gasteiger partial charge is 0.330 e. The Morgan fingerprint density at radius 3 is 3.00 bits per heavy atom. The second-order valence-corrected chi connectivity index (χ2v) is 5.51. The van der Waals surface area contributed by atoms with Gasteiger partial charge in [-0.2, -0.15) is 0 Å². The fraction of sp³-hybridized carbons (Fsp3) is 0.438. The fourth-order valence-corrected chi connectivity index (χ4v) is 3.37. The van der Waals surface area contributed by atoms with Crippen LogP contribution in [0.25, 0.3) is 10.8 Å². The summed E-state index contributed by atoms with van der Waals surface area (Å²) in [6, 6.07) is 8.90. The molecule has 19 heavy (non-hydrogen) atoms. The molecule has 0 aliphatic carbocycles. The molecule has 3 heteroatoms. The van der Waals surface area contributed by atoms with Crippen LogP contribution < -0.4 is 5.73 Å². The van der Waals surface area contributed by atoms with Gasteiger partial charge >= 0.3 is 0 Å². The van der Waals surface area contributed by atoms with Crippen molar-refractivity contribution in [1.29, 1.82) is 0 Å². The van der Waals surface area contributed by atoms with Crippen molar-refractivity contribution in [1.82, 2.24) is 9.88 Å². The number of benzene rings is 1. The number of likely N-dealkylation sites (tertiary alicyclic amines) is 1. The third-order valence-electron chi connectivity index (χ3n) is 4.33. The number of rotatable bonds is 2. The molecule has 1 aliphatic heterocycles. The second kappa shape index (κ2) is 5.27. The third kappa shape index (κ3) is 2.24. The van der Waals surface area contributed by atoms with Crippen LogP contribution in [0.5, 0.6) is 0 Å². The lowest BCUT2D eigenvalue weighted by molar-refractivity contribution is 0.126. The highest BCUT2D eigenvalue weighted by atomic mass is 15.1. The van der Waals surface area contributed by atoms with Crippen molar-refractivity contribution in [2.75, 3.05) is 20.1 Å². The summed E-state index contributed by atoms with van der Waals surface area (Å²) in [5.74, 6) is 0.534. The zero-order valence-corrected chi connectivity index (χ0v) is 11.4. The number of nitrogens with two attached hydrogens (primary N) is 1. The Kier molecular flexibility index (Phi) is 3.49. The molecule has 1 aliphatic rings. The predicted molar refractivity (Wildman–Crippen MR) is 78.9 cm³/mol. The van der Waals surface area contributed by atoms with Gasteiger partial charge in [0.15, 0.2) is 0 Å². The summed E-state index contributed by atoms with van der Waals surface area (Å²) in [6.07, 6.45) is 6.43. The van der Waals surface area contributed by atoms with Gasteiger partial charge in [-0.1, -0.05) is 24.3 Å². The van der Waals surface area contributed by atoms with Gasteiger partial charge in [-0.3, -0.25) is 9.88 Å². The molecular weight excluding hydrogens is 234 g/mol. The average Bonchev–Trinajstić information content (AvgIpc) is 2.46. The highest BCUT2D eigenvalue weighted by Crippen LogP contribution is 2.37. The lowest BCUT2D eigenvalue weighted by Gasteiger charge is -2.39. The molecule has 0 amide bonds. The van der Waals surface area contributed by atoms with E-state index in [2.05, 4.69) is 41.2 Å². The van der Waals surface area contributed by atoms with Gasteiger partial charge in [0.25, 0.3) is 0 Å². The van der Waals surface area contributed by atoms with E-state index in [1.54, 1.807) is 0 Å². The van der Waals surface area contributed by atoms with Crippen LogP contribution in [0, 0.1) is 5.92 Å². The van der Waals surface area contributed by atoms with E-state index >= 15 is 0 Å².